The van der Waals surface area contributed by atoms with Crippen LogP contribution in [0.4, 0.5) is 0 Å². The van der Waals surface area contributed by atoms with Gasteiger partial charge in [0.25, 0.3) is 0 Å². The van der Waals surface area contributed by atoms with Gasteiger partial charge in [-0.25, -0.2) is 4.98 Å². The summed E-state index contributed by atoms with van der Waals surface area (Å²) in [6, 6.07) is 21.1. The fourth-order valence-electron chi connectivity index (χ4n) is 6.19. The second-order valence-corrected chi connectivity index (χ2v) is 10.0. The Morgan fingerprint density at radius 1 is 1.14 bits per heavy atom. The van der Waals surface area contributed by atoms with Crippen LogP contribution in [0.1, 0.15) is 40.6 Å². The number of ether oxygens (including phenoxy) is 1. The lowest BCUT2D eigenvalue weighted by atomic mass is 9.73. The van der Waals surface area contributed by atoms with Crippen molar-refractivity contribution in [3.8, 4) is 5.75 Å². The van der Waals surface area contributed by atoms with Gasteiger partial charge in [-0.2, -0.15) is 0 Å². The molecule has 36 heavy (non-hydrogen) atoms. The number of carbonyl (C=O) groups is 1. The molecule has 0 amide bonds. The lowest BCUT2D eigenvalue weighted by Crippen LogP contribution is -2.54. The van der Waals surface area contributed by atoms with Gasteiger partial charge in [0.1, 0.15) is 11.4 Å². The number of hydrogen-bond acceptors (Lipinski definition) is 5. The van der Waals surface area contributed by atoms with Crippen LogP contribution >= 0.6 is 0 Å². The predicted molar refractivity (Wildman–Crippen MR) is 142 cm³/mol. The molecule has 2 bridgehead atoms. The number of benzene rings is 3. The average molecular weight is 479 g/mol. The van der Waals surface area contributed by atoms with Gasteiger partial charge >= 0.3 is 0 Å². The van der Waals surface area contributed by atoms with E-state index in [0.29, 0.717) is 34.4 Å². The Kier molecular flexibility index (Phi) is 5.82. The van der Waals surface area contributed by atoms with E-state index in [2.05, 4.69) is 17.6 Å². The van der Waals surface area contributed by atoms with Crippen molar-refractivity contribution >= 4 is 27.5 Å². The van der Waals surface area contributed by atoms with Crippen molar-refractivity contribution in [1.29, 1.82) is 0 Å². The maximum absolute atomic E-state index is 13.8. The lowest BCUT2D eigenvalue weighted by molar-refractivity contribution is -0.0445. The second-order valence-electron chi connectivity index (χ2n) is 10.0. The number of rotatable bonds is 6. The molecule has 0 saturated carbocycles. The summed E-state index contributed by atoms with van der Waals surface area (Å²) in [6.45, 7) is 5.92. The number of aliphatic hydroxyl groups is 1. The third kappa shape index (κ3) is 3.80. The van der Waals surface area contributed by atoms with Crippen LogP contribution in [-0.4, -0.2) is 47.0 Å². The van der Waals surface area contributed by atoms with E-state index in [1.165, 1.54) is 0 Å². The third-order valence-electron chi connectivity index (χ3n) is 8.15. The average Bonchev–Trinajstić information content (AvgIpc) is 2.95. The fourth-order valence-corrected chi connectivity index (χ4v) is 6.19. The molecule has 3 saturated heterocycles. The number of nitrogens with zero attached hydrogens (tertiary/aromatic N) is 2. The van der Waals surface area contributed by atoms with Gasteiger partial charge < -0.3 is 9.84 Å². The summed E-state index contributed by atoms with van der Waals surface area (Å²) >= 11 is 0. The molecule has 5 heteroatoms. The van der Waals surface area contributed by atoms with E-state index in [-0.39, 0.29) is 11.8 Å². The minimum Gasteiger partial charge on any atom is -0.497 e. The zero-order valence-electron chi connectivity index (χ0n) is 20.4. The molecule has 3 aliphatic rings. The Hall–Kier alpha value is -3.54. The quantitative estimate of drug-likeness (QED) is 0.291. The number of piperidine rings is 3. The Bertz CT molecular complexity index is 1470. The molecule has 0 spiro atoms. The third-order valence-corrected chi connectivity index (χ3v) is 8.15. The van der Waals surface area contributed by atoms with Crippen molar-refractivity contribution in [3.63, 3.8) is 0 Å². The first-order chi connectivity index (χ1) is 17.6. The SMILES string of the molecule is C=C[C@H]1CN2CC[C@H]1C[C@@H]2[C@@H](O)c1cc(C(=O)c2cccc3ccccc23)nc2ccc(OC)cc12. The van der Waals surface area contributed by atoms with Crippen LogP contribution < -0.4 is 4.74 Å². The molecule has 0 aliphatic carbocycles. The maximum atomic E-state index is 13.8. The summed E-state index contributed by atoms with van der Waals surface area (Å²) in [5.74, 6) is 1.56. The van der Waals surface area contributed by atoms with Gasteiger partial charge in [0.15, 0.2) is 0 Å². The normalized spacial score (nSPS) is 24.1. The molecule has 4 heterocycles. The number of fused-ring (bicyclic) bond motifs is 5. The first kappa shape index (κ1) is 22.9. The molecule has 7 rings (SSSR count). The molecule has 4 aromatic rings. The Balaban J connectivity index is 1.46. The van der Waals surface area contributed by atoms with Crippen molar-refractivity contribution in [2.75, 3.05) is 20.2 Å². The largest absolute Gasteiger partial charge is 0.497 e. The van der Waals surface area contributed by atoms with Gasteiger partial charge in [-0.3, -0.25) is 9.69 Å². The highest BCUT2D eigenvalue weighted by Gasteiger charge is 2.42. The Morgan fingerprint density at radius 3 is 2.75 bits per heavy atom. The molecule has 5 nitrogen and oxygen atoms in total. The lowest BCUT2D eigenvalue weighted by Gasteiger charge is -2.50. The smallest absolute Gasteiger partial charge is 0.211 e. The molecule has 5 atom stereocenters. The van der Waals surface area contributed by atoms with Crippen molar-refractivity contribution in [1.82, 2.24) is 9.88 Å². The van der Waals surface area contributed by atoms with Gasteiger partial charge in [0.2, 0.25) is 5.78 Å². The number of ketones is 1. The van der Waals surface area contributed by atoms with Crippen LogP contribution in [0, 0.1) is 11.8 Å². The minimum atomic E-state index is -0.741. The summed E-state index contributed by atoms with van der Waals surface area (Å²) in [7, 11) is 1.63. The van der Waals surface area contributed by atoms with E-state index in [1.54, 1.807) is 13.2 Å². The highest BCUT2D eigenvalue weighted by atomic mass is 16.5. The van der Waals surface area contributed by atoms with E-state index >= 15 is 0 Å². The first-order valence-electron chi connectivity index (χ1n) is 12.6. The monoisotopic (exact) mass is 478 g/mol. The molecule has 3 aliphatic heterocycles. The van der Waals surface area contributed by atoms with Gasteiger partial charge in [-0.05, 0) is 71.8 Å². The number of carbonyl (C=O) groups excluding carboxylic acids is 1. The van der Waals surface area contributed by atoms with Gasteiger partial charge in [0.05, 0.1) is 18.7 Å². The summed E-state index contributed by atoms with van der Waals surface area (Å²) in [5, 5.41) is 14.5. The molecule has 3 fully saturated rings. The topological polar surface area (TPSA) is 62.7 Å². The number of aromatic nitrogens is 1. The van der Waals surface area contributed by atoms with Gasteiger partial charge in [-0.1, -0.05) is 48.5 Å². The molecule has 182 valence electrons. The van der Waals surface area contributed by atoms with E-state index in [0.717, 1.165) is 47.7 Å². The van der Waals surface area contributed by atoms with Crippen LogP contribution in [0.5, 0.6) is 5.75 Å². The Labute approximate surface area is 211 Å². The van der Waals surface area contributed by atoms with E-state index in [1.807, 2.05) is 60.7 Å². The summed E-state index contributed by atoms with van der Waals surface area (Å²) in [5.41, 5.74) is 2.37. The van der Waals surface area contributed by atoms with Crippen LogP contribution in [0.2, 0.25) is 0 Å². The van der Waals surface area contributed by atoms with Crippen LogP contribution in [-0.2, 0) is 0 Å². The van der Waals surface area contributed by atoms with Crippen molar-refractivity contribution in [2.24, 2.45) is 11.8 Å². The number of aliphatic hydroxyl groups excluding tert-OH is 1. The Morgan fingerprint density at radius 2 is 1.97 bits per heavy atom. The number of methoxy groups -OCH3 is 1. The maximum Gasteiger partial charge on any atom is 0.211 e. The highest BCUT2D eigenvalue weighted by molar-refractivity contribution is 6.16. The zero-order chi connectivity index (χ0) is 24.8. The van der Waals surface area contributed by atoms with Gasteiger partial charge in [0, 0.05) is 23.5 Å². The molecule has 3 aromatic carbocycles. The summed E-state index contributed by atoms with van der Waals surface area (Å²) in [6.07, 6.45) is 3.37. The summed E-state index contributed by atoms with van der Waals surface area (Å²) in [4.78, 5) is 20.9. The molecule has 0 radical (unpaired) electrons. The van der Waals surface area contributed by atoms with Crippen molar-refractivity contribution in [2.45, 2.75) is 25.0 Å². The van der Waals surface area contributed by atoms with E-state index in [4.69, 9.17) is 9.72 Å². The van der Waals surface area contributed by atoms with E-state index in [9.17, 15) is 9.90 Å². The molecule has 1 N–H and O–H groups in total. The fraction of sp³-hybridized carbons (Fsp3) is 0.290. The standard InChI is InChI=1S/C31H30N2O3/c1-3-19-18-33-14-13-21(19)15-29(33)31(35)26-17-28(32-27-12-11-22(36-2)16-25(26)27)30(34)24-10-6-8-20-7-4-5-9-23(20)24/h3-12,16-17,19,21,29,31,35H,1,13-15,18H2,2H3/t19-,21-,29+,31-/m0/s1. The van der Waals surface area contributed by atoms with E-state index < -0.39 is 6.10 Å². The van der Waals surface area contributed by atoms with Crippen LogP contribution in [0.15, 0.2) is 79.4 Å². The summed E-state index contributed by atoms with van der Waals surface area (Å²) < 4.78 is 5.48. The molecule has 1 aromatic heterocycles. The first-order valence-corrected chi connectivity index (χ1v) is 12.6. The molecule has 1 unspecified atom stereocenters. The predicted octanol–water partition coefficient (Wildman–Crippen LogP) is 5.56. The second kappa shape index (κ2) is 9.16. The highest BCUT2D eigenvalue weighted by Crippen LogP contribution is 2.42. The van der Waals surface area contributed by atoms with Crippen molar-refractivity contribution in [3.05, 3.63) is 96.2 Å². The minimum absolute atomic E-state index is 0.00254. The van der Waals surface area contributed by atoms with Crippen LogP contribution in [0.3, 0.4) is 0 Å². The van der Waals surface area contributed by atoms with Crippen molar-refractivity contribution < 1.29 is 14.6 Å². The number of hydrogen-bond donors (Lipinski definition) is 1. The zero-order valence-corrected chi connectivity index (χ0v) is 20.4. The molecular formula is C31H30N2O3. The van der Waals surface area contributed by atoms with Crippen LogP contribution in [0.25, 0.3) is 21.7 Å². The van der Waals surface area contributed by atoms with Gasteiger partial charge in [-0.15, -0.1) is 6.58 Å². The number of pyridine rings is 1. The molecular weight excluding hydrogens is 448 g/mol.